The van der Waals surface area contributed by atoms with Gasteiger partial charge in [-0.3, -0.25) is 4.98 Å². The maximum absolute atomic E-state index is 5.09. The van der Waals surface area contributed by atoms with Gasteiger partial charge in [-0.15, -0.1) is 64.5 Å². The minimum Gasteiger partial charge on any atom is -0.335 e. The van der Waals surface area contributed by atoms with E-state index in [1.54, 1.807) is 0 Å². The van der Waals surface area contributed by atoms with E-state index in [0.29, 0.717) is 0 Å². The summed E-state index contributed by atoms with van der Waals surface area (Å²) in [5, 5.41) is 2.00. The summed E-state index contributed by atoms with van der Waals surface area (Å²) in [5.74, 6) is 0.868. The third-order valence-corrected chi connectivity index (χ3v) is 8.97. The molecule has 0 radical (unpaired) electrons. The number of aromatic nitrogens is 5. The van der Waals surface area contributed by atoms with Crippen LogP contribution in [0.3, 0.4) is 0 Å². The van der Waals surface area contributed by atoms with Gasteiger partial charge in [0.05, 0.1) is 27.9 Å². The van der Waals surface area contributed by atoms with Gasteiger partial charge in [-0.05, 0) is 53.4 Å². The van der Waals surface area contributed by atoms with E-state index < -0.39 is 5.41 Å². The van der Waals surface area contributed by atoms with E-state index in [2.05, 4.69) is 132 Å². The van der Waals surface area contributed by atoms with E-state index in [1.807, 2.05) is 30.5 Å². The molecule has 4 aromatic heterocycles. The molecule has 9 aromatic rings. The Labute approximate surface area is 280 Å². The van der Waals surface area contributed by atoms with Crippen LogP contribution in [0.15, 0.2) is 128 Å². The van der Waals surface area contributed by atoms with E-state index in [0.717, 1.165) is 77.7 Å². The molecule has 5 aromatic carbocycles. The van der Waals surface area contributed by atoms with E-state index in [-0.39, 0.29) is 21.1 Å². The normalized spacial score (nSPS) is 12.0. The summed E-state index contributed by atoms with van der Waals surface area (Å²) >= 11 is 0. The Morgan fingerprint density at radius 1 is 0.609 bits per heavy atom. The van der Waals surface area contributed by atoms with E-state index in [1.165, 1.54) is 0 Å². The topological polar surface area (TPSA) is 48.0 Å². The fourth-order valence-electron chi connectivity index (χ4n) is 6.61. The molecule has 0 aliphatic rings. The Kier molecular flexibility index (Phi) is 6.63. The molecular weight excluding hydrogens is 746 g/mol. The molecular formula is C40H27N5Pt. The van der Waals surface area contributed by atoms with Crippen LogP contribution < -0.4 is 0 Å². The van der Waals surface area contributed by atoms with Gasteiger partial charge in [0.2, 0.25) is 0 Å². The number of hydrogen-bond acceptors (Lipinski definition) is 3. The molecule has 0 aliphatic heterocycles. The maximum atomic E-state index is 5.09. The molecule has 5 nitrogen and oxygen atoms in total. The van der Waals surface area contributed by atoms with Crippen molar-refractivity contribution in [1.29, 1.82) is 0 Å². The first kappa shape index (κ1) is 28.4. The number of fused-ring (bicyclic) bond motifs is 9. The summed E-state index contributed by atoms with van der Waals surface area (Å²) in [5.41, 5.74) is 10.7. The number of imidazole rings is 2. The van der Waals surface area contributed by atoms with Crippen LogP contribution >= 0.6 is 0 Å². The van der Waals surface area contributed by atoms with Crippen molar-refractivity contribution in [2.45, 2.75) is 19.3 Å². The van der Waals surface area contributed by atoms with Gasteiger partial charge in [-0.25, -0.2) is 4.98 Å². The number of pyridine rings is 2. The Morgan fingerprint density at radius 2 is 1.33 bits per heavy atom. The van der Waals surface area contributed by atoms with Crippen LogP contribution in [0, 0.1) is 12.1 Å². The first-order valence-electron chi connectivity index (χ1n) is 15.1. The number of nitrogens with zero attached hydrogens (tertiary/aromatic N) is 5. The van der Waals surface area contributed by atoms with Gasteiger partial charge >= 0.3 is 21.1 Å². The standard InChI is InChI=1S/C40H27N5.Pt/c1-40(2,27-13-10-12-26(24-27)38-42-32-17-6-8-19-35(32)44(38)29-14-4-3-5-15-29)28-21-22-34-31(25-28)37-30(16-11-23-41-37)39-43-33-18-7-9-20-36(33)45(34)39;/h3-23H,1-2H3;/q-2;+2. The van der Waals surface area contributed by atoms with Gasteiger partial charge < -0.3 is 14.0 Å². The van der Waals surface area contributed by atoms with Gasteiger partial charge in [0, 0.05) is 22.8 Å². The monoisotopic (exact) mass is 772 g/mol. The van der Waals surface area contributed by atoms with Gasteiger partial charge in [-0.2, -0.15) is 0 Å². The smallest absolute Gasteiger partial charge is 0.335 e. The summed E-state index contributed by atoms with van der Waals surface area (Å²) in [7, 11) is 0. The number of benzene rings is 5. The Hall–Kier alpha value is -5.12. The molecule has 6 heteroatoms. The summed E-state index contributed by atoms with van der Waals surface area (Å²) in [6, 6.07) is 49.4. The molecule has 0 saturated heterocycles. The second kappa shape index (κ2) is 10.8. The minimum absolute atomic E-state index is 0. The Bertz CT molecular complexity index is 2580. The van der Waals surface area contributed by atoms with E-state index in [9.17, 15) is 0 Å². The van der Waals surface area contributed by atoms with Crippen molar-refractivity contribution in [2.75, 3.05) is 0 Å². The first-order chi connectivity index (χ1) is 22.1. The zero-order valence-electron chi connectivity index (χ0n) is 25.2. The van der Waals surface area contributed by atoms with Crippen molar-refractivity contribution in [2.24, 2.45) is 0 Å². The van der Waals surface area contributed by atoms with Crippen LogP contribution in [0.5, 0.6) is 0 Å². The molecule has 0 bridgehead atoms. The quantitative estimate of drug-likeness (QED) is 0.133. The van der Waals surface area contributed by atoms with Gasteiger partial charge in [0.1, 0.15) is 5.65 Å². The second-order valence-corrected chi connectivity index (χ2v) is 12.0. The zero-order valence-corrected chi connectivity index (χ0v) is 27.4. The fraction of sp³-hybridized carbons (Fsp3) is 0.0750. The van der Waals surface area contributed by atoms with Crippen molar-refractivity contribution in [3.8, 4) is 17.1 Å². The summed E-state index contributed by atoms with van der Waals surface area (Å²) < 4.78 is 4.46. The first-order valence-corrected chi connectivity index (χ1v) is 15.1. The largest absolute Gasteiger partial charge is 2.00 e. The van der Waals surface area contributed by atoms with E-state index in [4.69, 9.17) is 15.0 Å². The second-order valence-electron chi connectivity index (χ2n) is 12.0. The zero-order chi connectivity index (χ0) is 30.1. The molecule has 0 unspecified atom stereocenters. The average Bonchev–Trinajstić information content (AvgIpc) is 3.68. The molecule has 222 valence electrons. The number of rotatable bonds is 4. The maximum Gasteiger partial charge on any atom is 2.00 e. The average molecular weight is 773 g/mol. The molecule has 0 fully saturated rings. The van der Waals surface area contributed by atoms with Crippen molar-refractivity contribution in [1.82, 2.24) is 23.9 Å². The molecule has 0 atom stereocenters. The molecule has 46 heavy (non-hydrogen) atoms. The van der Waals surface area contributed by atoms with Crippen LogP contribution in [0.1, 0.15) is 25.0 Å². The molecule has 4 heterocycles. The van der Waals surface area contributed by atoms with Crippen LogP contribution in [-0.4, -0.2) is 23.9 Å². The fourth-order valence-corrected chi connectivity index (χ4v) is 6.61. The molecule has 9 rings (SSSR count). The van der Waals surface area contributed by atoms with Crippen LogP contribution in [0.25, 0.3) is 66.6 Å². The van der Waals surface area contributed by atoms with Crippen molar-refractivity contribution in [3.05, 3.63) is 151 Å². The van der Waals surface area contributed by atoms with Crippen molar-refractivity contribution < 1.29 is 21.1 Å². The van der Waals surface area contributed by atoms with Crippen molar-refractivity contribution in [3.63, 3.8) is 0 Å². The van der Waals surface area contributed by atoms with Crippen LogP contribution in [0.2, 0.25) is 0 Å². The van der Waals surface area contributed by atoms with Crippen LogP contribution in [0.4, 0.5) is 0 Å². The number of hydrogen-bond donors (Lipinski definition) is 0. The number of para-hydroxylation sites is 5. The molecule has 0 aliphatic carbocycles. The van der Waals surface area contributed by atoms with Crippen molar-refractivity contribution >= 4 is 49.5 Å². The molecule has 0 amide bonds. The van der Waals surface area contributed by atoms with Crippen LogP contribution in [-0.2, 0) is 26.5 Å². The Balaban J connectivity index is 0.00000312. The molecule has 0 saturated carbocycles. The van der Waals surface area contributed by atoms with Gasteiger partial charge in [0.15, 0.2) is 0 Å². The van der Waals surface area contributed by atoms with Gasteiger partial charge in [0.25, 0.3) is 0 Å². The summed E-state index contributed by atoms with van der Waals surface area (Å²) in [6.07, 6.45) is 1.85. The molecule has 0 N–H and O–H groups in total. The SMILES string of the molecule is CC(C)(c1[c-]c(-c2nc3ccccc3n2-c2ccccc2)ccc1)c1[c-]c2c3ncccc3c3nc4ccccc4n3c2cc1.[Pt+2]. The predicted molar refractivity (Wildman–Crippen MR) is 182 cm³/mol. The predicted octanol–water partition coefficient (Wildman–Crippen LogP) is 9.12. The molecule has 0 spiro atoms. The minimum atomic E-state index is -0.402. The van der Waals surface area contributed by atoms with E-state index >= 15 is 0 Å². The third-order valence-electron chi connectivity index (χ3n) is 8.97. The summed E-state index contributed by atoms with van der Waals surface area (Å²) in [6.45, 7) is 4.47. The third kappa shape index (κ3) is 4.23. The van der Waals surface area contributed by atoms with Gasteiger partial charge in [-0.1, -0.05) is 62.4 Å². The summed E-state index contributed by atoms with van der Waals surface area (Å²) in [4.78, 5) is 14.9. The Morgan fingerprint density at radius 3 is 2.15 bits per heavy atom.